The van der Waals surface area contributed by atoms with E-state index in [1.54, 1.807) is 0 Å². The molecule has 0 aliphatic carbocycles. The number of ether oxygens (including phenoxy) is 1. The minimum absolute atomic E-state index is 0.146. The second kappa shape index (κ2) is 5.96. The Kier molecular flexibility index (Phi) is 5.18. The molecule has 0 bridgehead atoms. The molecule has 1 unspecified atom stereocenters. The van der Waals surface area contributed by atoms with Gasteiger partial charge in [-0.05, 0) is 34.6 Å². The van der Waals surface area contributed by atoms with E-state index in [4.69, 9.17) is 9.57 Å². The fourth-order valence-corrected chi connectivity index (χ4v) is 1.69. The van der Waals surface area contributed by atoms with Crippen LogP contribution in [0.1, 0.15) is 34.6 Å². The maximum atomic E-state index is 5.69. The highest BCUT2D eigenvalue weighted by atomic mass is 16.7. The molecule has 4 nitrogen and oxygen atoms in total. The van der Waals surface area contributed by atoms with Crippen molar-refractivity contribution in [2.24, 2.45) is 0 Å². The lowest BCUT2D eigenvalue weighted by Crippen LogP contribution is -2.49. The summed E-state index contributed by atoms with van der Waals surface area (Å²) in [6.45, 7) is 14.1. The summed E-state index contributed by atoms with van der Waals surface area (Å²) in [4.78, 5) is 7.92. The number of nitrogens with one attached hydrogen (secondary N) is 1. The number of hydroxylamine groups is 1. The average molecular weight is 230 g/mol. The van der Waals surface area contributed by atoms with Gasteiger partial charge in [-0.2, -0.15) is 5.48 Å². The highest BCUT2D eigenvalue weighted by Gasteiger charge is 2.22. The Morgan fingerprint density at radius 2 is 2.12 bits per heavy atom. The third kappa shape index (κ3) is 5.25. The van der Waals surface area contributed by atoms with E-state index < -0.39 is 0 Å². The molecule has 0 radical (unpaired) electrons. The van der Waals surface area contributed by atoms with Crippen LogP contribution in [0.15, 0.2) is 0 Å². The molecular weight excluding hydrogens is 204 g/mol. The third-order valence-electron chi connectivity index (χ3n) is 2.59. The largest absolute Gasteiger partial charge is 0.374 e. The van der Waals surface area contributed by atoms with E-state index in [0.29, 0.717) is 6.04 Å². The minimum Gasteiger partial charge on any atom is -0.374 e. The van der Waals surface area contributed by atoms with Crippen molar-refractivity contribution in [1.82, 2.24) is 10.4 Å². The Hall–Kier alpha value is -0.160. The standard InChI is InChI=1S/C12H26N2O2/c1-10(2)14-6-7-15-11(9-14)8-13-16-12(3,4)5/h10-11,13H,6-9H2,1-5H3. The van der Waals surface area contributed by atoms with Gasteiger partial charge in [0.2, 0.25) is 0 Å². The molecule has 0 aromatic rings. The zero-order chi connectivity index (χ0) is 12.2. The number of nitrogens with zero attached hydrogens (tertiary/aromatic N) is 1. The van der Waals surface area contributed by atoms with Gasteiger partial charge in [0.25, 0.3) is 0 Å². The first-order valence-electron chi connectivity index (χ1n) is 6.15. The predicted octanol–water partition coefficient (Wildman–Crippen LogP) is 1.42. The van der Waals surface area contributed by atoms with E-state index in [9.17, 15) is 0 Å². The molecular formula is C12H26N2O2. The minimum atomic E-state index is -0.146. The van der Waals surface area contributed by atoms with E-state index in [-0.39, 0.29) is 11.7 Å². The van der Waals surface area contributed by atoms with Crippen molar-refractivity contribution < 1.29 is 9.57 Å². The van der Waals surface area contributed by atoms with E-state index in [2.05, 4.69) is 24.2 Å². The summed E-state index contributed by atoms with van der Waals surface area (Å²) in [6.07, 6.45) is 0.235. The van der Waals surface area contributed by atoms with Crippen LogP contribution >= 0.6 is 0 Å². The van der Waals surface area contributed by atoms with Crippen molar-refractivity contribution in [2.75, 3.05) is 26.2 Å². The molecule has 16 heavy (non-hydrogen) atoms. The van der Waals surface area contributed by atoms with Crippen molar-refractivity contribution in [3.63, 3.8) is 0 Å². The lowest BCUT2D eigenvalue weighted by atomic mass is 10.2. The number of hydrogen-bond acceptors (Lipinski definition) is 4. The topological polar surface area (TPSA) is 33.7 Å². The van der Waals surface area contributed by atoms with Crippen molar-refractivity contribution in [1.29, 1.82) is 0 Å². The van der Waals surface area contributed by atoms with Gasteiger partial charge in [0, 0.05) is 25.7 Å². The Bertz CT molecular complexity index is 202. The smallest absolute Gasteiger partial charge is 0.0850 e. The summed E-state index contributed by atoms with van der Waals surface area (Å²) in [7, 11) is 0. The Morgan fingerprint density at radius 3 is 2.69 bits per heavy atom. The normalized spacial score (nSPS) is 24.0. The van der Waals surface area contributed by atoms with Gasteiger partial charge in [-0.25, -0.2) is 0 Å². The fourth-order valence-electron chi connectivity index (χ4n) is 1.69. The molecule has 1 atom stereocenters. The van der Waals surface area contributed by atoms with Gasteiger partial charge in [-0.15, -0.1) is 0 Å². The van der Waals surface area contributed by atoms with E-state index in [1.165, 1.54) is 0 Å². The van der Waals surface area contributed by atoms with Crippen molar-refractivity contribution in [3.8, 4) is 0 Å². The van der Waals surface area contributed by atoms with Crippen molar-refractivity contribution >= 4 is 0 Å². The van der Waals surface area contributed by atoms with Crippen LogP contribution in [0.2, 0.25) is 0 Å². The highest BCUT2D eigenvalue weighted by molar-refractivity contribution is 4.74. The molecule has 1 heterocycles. The van der Waals surface area contributed by atoms with Crippen LogP contribution in [0.5, 0.6) is 0 Å². The fraction of sp³-hybridized carbons (Fsp3) is 1.00. The number of rotatable bonds is 4. The average Bonchev–Trinajstić information content (AvgIpc) is 2.16. The van der Waals surface area contributed by atoms with E-state index in [0.717, 1.165) is 26.2 Å². The van der Waals surface area contributed by atoms with Gasteiger partial charge in [0.1, 0.15) is 0 Å². The van der Waals surface area contributed by atoms with Crippen LogP contribution in [0, 0.1) is 0 Å². The molecule has 0 saturated carbocycles. The second-order valence-electron chi connectivity index (χ2n) is 5.64. The van der Waals surface area contributed by atoms with E-state index in [1.807, 2.05) is 20.8 Å². The zero-order valence-corrected chi connectivity index (χ0v) is 11.2. The van der Waals surface area contributed by atoms with Crippen LogP contribution in [0.3, 0.4) is 0 Å². The quantitative estimate of drug-likeness (QED) is 0.741. The van der Waals surface area contributed by atoms with E-state index >= 15 is 0 Å². The lowest BCUT2D eigenvalue weighted by molar-refractivity contribution is -0.105. The molecule has 0 aromatic carbocycles. The first-order valence-corrected chi connectivity index (χ1v) is 6.15. The van der Waals surface area contributed by atoms with Crippen LogP contribution in [0.4, 0.5) is 0 Å². The Morgan fingerprint density at radius 1 is 1.44 bits per heavy atom. The third-order valence-corrected chi connectivity index (χ3v) is 2.59. The van der Waals surface area contributed by atoms with Gasteiger partial charge >= 0.3 is 0 Å². The molecule has 1 rings (SSSR count). The molecule has 0 amide bonds. The maximum Gasteiger partial charge on any atom is 0.0850 e. The molecule has 1 N–H and O–H groups in total. The Balaban J connectivity index is 2.22. The molecule has 1 fully saturated rings. The summed E-state index contributed by atoms with van der Waals surface area (Å²) in [6, 6.07) is 0.593. The molecule has 4 heteroatoms. The molecule has 0 aromatic heterocycles. The van der Waals surface area contributed by atoms with Gasteiger partial charge in [0.15, 0.2) is 0 Å². The van der Waals surface area contributed by atoms with Crippen LogP contribution in [-0.2, 0) is 9.57 Å². The zero-order valence-electron chi connectivity index (χ0n) is 11.2. The first-order chi connectivity index (χ1) is 7.38. The molecule has 96 valence electrons. The van der Waals surface area contributed by atoms with Gasteiger partial charge < -0.3 is 4.74 Å². The predicted molar refractivity (Wildman–Crippen MR) is 65.3 cm³/mol. The molecule has 1 aliphatic heterocycles. The molecule has 1 saturated heterocycles. The van der Waals surface area contributed by atoms with Crippen LogP contribution < -0.4 is 5.48 Å². The summed E-state index contributed by atoms with van der Waals surface area (Å²) in [5.41, 5.74) is 2.86. The lowest BCUT2D eigenvalue weighted by Gasteiger charge is -2.35. The summed E-state index contributed by atoms with van der Waals surface area (Å²) in [5.74, 6) is 0. The van der Waals surface area contributed by atoms with Crippen LogP contribution in [-0.4, -0.2) is 48.9 Å². The molecule has 0 spiro atoms. The number of hydrogen-bond donors (Lipinski definition) is 1. The first kappa shape index (κ1) is 13.9. The Labute approximate surface area is 99.2 Å². The van der Waals surface area contributed by atoms with Gasteiger partial charge in [0.05, 0.1) is 18.3 Å². The summed E-state index contributed by atoms with van der Waals surface area (Å²) in [5, 5.41) is 0. The summed E-state index contributed by atoms with van der Waals surface area (Å²) >= 11 is 0. The SMILES string of the molecule is CC(C)N1CCOC(CNOC(C)(C)C)C1. The highest BCUT2D eigenvalue weighted by Crippen LogP contribution is 2.09. The summed E-state index contributed by atoms with van der Waals surface area (Å²) < 4.78 is 5.69. The van der Waals surface area contributed by atoms with Crippen LogP contribution in [0.25, 0.3) is 0 Å². The maximum absolute atomic E-state index is 5.69. The van der Waals surface area contributed by atoms with Crippen molar-refractivity contribution in [3.05, 3.63) is 0 Å². The number of morpholine rings is 1. The second-order valence-corrected chi connectivity index (χ2v) is 5.64. The van der Waals surface area contributed by atoms with Gasteiger partial charge in [-0.3, -0.25) is 9.74 Å². The monoisotopic (exact) mass is 230 g/mol. The molecule has 1 aliphatic rings. The van der Waals surface area contributed by atoms with Crippen molar-refractivity contribution in [2.45, 2.75) is 52.4 Å². The van der Waals surface area contributed by atoms with Gasteiger partial charge in [-0.1, -0.05) is 0 Å².